The minimum absolute atomic E-state index is 0.0246. The molecule has 0 bridgehead atoms. The first-order valence-electron chi connectivity index (χ1n) is 5.89. The standard InChI is InChI=1S/C14H17N3S/c1-9-6-10(2)17-14(7-9)18-12-4-5-13(11(3)15)16-8-12/h4-8,11H,15H2,1-3H3/t11-/m1/s1. The van der Waals surface area contributed by atoms with E-state index in [2.05, 4.69) is 29.0 Å². The van der Waals surface area contributed by atoms with Crippen LogP contribution < -0.4 is 5.73 Å². The van der Waals surface area contributed by atoms with Crippen LogP contribution in [-0.2, 0) is 0 Å². The fourth-order valence-electron chi connectivity index (χ4n) is 1.70. The van der Waals surface area contributed by atoms with Gasteiger partial charge in [-0.2, -0.15) is 0 Å². The summed E-state index contributed by atoms with van der Waals surface area (Å²) in [5.74, 6) is 0. The molecule has 94 valence electrons. The number of nitrogens with two attached hydrogens (primary N) is 1. The first-order valence-corrected chi connectivity index (χ1v) is 6.71. The van der Waals surface area contributed by atoms with Crippen LogP contribution in [0.5, 0.6) is 0 Å². The molecule has 2 heterocycles. The zero-order valence-electron chi connectivity index (χ0n) is 10.8. The summed E-state index contributed by atoms with van der Waals surface area (Å²) in [6.07, 6.45) is 1.85. The van der Waals surface area contributed by atoms with E-state index in [4.69, 9.17) is 5.73 Å². The van der Waals surface area contributed by atoms with Crippen LogP contribution in [0.25, 0.3) is 0 Å². The fraction of sp³-hybridized carbons (Fsp3) is 0.286. The molecule has 0 saturated heterocycles. The average molecular weight is 259 g/mol. The molecule has 4 heteroatoms. The van der Waals surface area contributed by atoms with E-state index in [9.17, 15) is 0 Å². The molecular weight excluding hydrogens is 242 g/mol. The second-order valence-electron chi connectivity index (χ2n) is 4.43. The second kappa shape index (κ2) is 5.50. The third-order valence-electron chi connectivity index (χ3n) is 2.52. The van der Waals surface area contributed by atoms with Gasteiger partial charge in [0.1, 0.15) is 5.03 Å². The lowest BCUT2D eigenvalue weighted by atomic mass is 10.2. The van der Waals surface area contributed by atoms with Crippen molar-refractivity contribution in [2.75, 3.05) is 0 Å². The summed E-state index contributed by atoms with van der Waals surface area (Å²) in [5.41, 5.74) is 8.95. The van der Waals surface area contributed by atoms with Crippen molar-refractivity contribution >= 4 is 11.8 Å². The minimum Gasteiger partial charge on any atom is -0.323 e. The van der Waals surface area contributed by atoms with E-state index >= 15 is 0 Å². The Hall–Kier alpha value is -1.39. The minimum atomic E-state index is -0.0246. The molecule has 0 saturated carbocycles. The van der Waals surface area contributed by atoms with E-state index in [1.165, 1.54) is 5.56 Å². The maximum absolute atomic E-state index is 5.77. The summed E-state index contributed by atoms with van der Waals surface area (Å²) in [4.78, 5) is 9.92. The molecule has 2 aromatic rings. The van der Waals surface area contributed by atoms with Crippen LogP contribution in [0.3, 0.4) is 0 Å². The first-order chi connectivity index (χ1) is 8.54. The van der Waals surface area contributed by atoms with Gasteiger partial charge in [-0.25, -0.2) is 4.98 Å². The lowest BCUT2D eigenvalue weighted by Crippen LogP contribution is -2.06. The van der Waals surface area contributed by atoms with Crippen molar-refractivity contribution in [3.8, 4) is 0 Å². The Labute approximate surface area is 112 Å². The molecule has 3 nitrogen and oxygen atoms in total. The Morgan fingerprint density at radius 1 is 1.22 bits per heavy atom. The topological polar surface area (TPSA) is 51.8 Å². The molecule has 0 radical (unpaired) electrons. The largest absolute Gasteiger partial charge is 0.323 e. The molecule has 1 atom stereocenters. The quantitative estimate of drug-likeness (QED) is 0.919. The Morgan fingerprint density at radius 3 is 2.56 bits per heavy atom. The van der Waals surface area contributed by atoms with E-state index < -0.39 is 0 Å². The van der Waals surface area contributed by atoms with Crippen molar-refractivity contribution in [3.05, 3.63) is 47.4 Å². The van der Waals surface area contributed by atoms with E-state index in [-0.39, 0.29) is 6.04 Å². The van der Waals surface area contributed by atoms with Crippen molar-refractivity contribution < 1.29 is 0 Å². The van der Waals surface area contributed by atoms with Gasteiger partial charge in [0.05, 0.1) is 5.69 Å². The molecule has 18 heavy (non-hydrogen) atoms. The molecular formula is C14H17N3S. The number of nitrogens with zero attached hydrogens (tertiary/aromatic N) is 2. The Morgan fingerprint density at radius 2 is 2.00 bits per heavy atom. The summed E-state index contributed by atoms with van der Waals surface area (Å²) < 4.78 is 0. The van der Waals surface area contributed by atoms with E-state index in [1.54, 1.807) is 11.8 Å². The summed E-state index contributed by atoms with van der Waals surface area (Å²) >= 11 is 1.62. The Balaban J connectivity index is 2.18. The van der Waals surface area contributed by atoms with Crippen molar-refractivity contribution in [3.63, 3.8) is 0 Å². The SMILES string of the molecule is Cc1cc(C)nc(Sc2ccc([C@@H](C)N)nc2)c1. The fourth-order valence-corrected chi connectivity index (χ4v) is 2.62. The van der Waals surface area contributed by atoms with E-state index in [0.29, 0.717) is 0 Å². The summed E-state index contributed by atoms with van der Waals surface area (Å²) in [6.45, 7) is 6.02. The average Bonchev–Trinajstić information content (AvgIpc) is 2.28. The molecule has 0 fully saturated rings. The highest BCUT2D eigenvalue weighted by Gasteiger charge is 2.04. The summed E-state index contributed by atoms with van der Waals surface area (Å²) in [5, 5.41) is 1.00. The number of rotatable bonds is 3. The Bertz CT molecular complexity index is 515. The zero-order valence-corrected chi connectivity index (χ0v) is 11.7. The van der Waals surface area contributed by atoms with Gasteiger partial charge in [-0.1, -0.05) is 11.8 Å². The molecule has 0 aromatic carbocycles. The van der Waals surface area contributed by atoms with Gasteiger partial charge >= 0.3 is 0 Å². The molecule has 2 aromatic heterocycles. The Kier molecular flexibility index (Phi) is 3.99. The van der Waals surface area contributed by atoms with Crippen LogP contribution >= 0.6 is 11.8 Å². The normalized spacial score (nSPS) is 12.4. The van der Waals surface area contributed by atoms with Crippen LogP contribution in [0, 0.1) is 13.8 Å². The van der Waals surface area contributed by atoms with Gasteiger partial charge in [0.25, 0.3) is 0 Å². The van der Waals surface area contributed by atoms with Gasteiger partial charge in [0.15, 0.2) is 0 Å². The predicted octanol–water partition coefficient (Wildman–Crippen LogP) is 3.26. The van der Waals surface area contributed by atoms with Gasteiger partial charge in [-0.05, 0) is 50.6 Å². The maximum Gasteiger partial charge on any atom is 0.101 e. The smallest absolute Gasteiger partial charge is 0.101 e. The molecule has 0 aliphatic carbocycles. The highest BCUT2D eigenvalue weighted by Crippen LogP contribution is 2.26. The van der Waals surface area contributed by atoms with Gasteiger partial charge in [0.2, 0.25) is 0 Å². The van der Waals surface area contributed by atoms with Gasteiger partial charge < -0.3 is 5.73 Å². The number of hydrogen-bond donors (Lipinski definition) is 1. The van der Waals surface area contributed by atoms with Gasteiger partial charge in [-0.3, -0.25) is 4.98 Å². The van der Waals surface area contributed by atoms with Crippen LogP contribution in [0.1, 0.15) is 29.9 Å². The molecule has 0 amide bonds. The van der Waals surface area contributed by atoms with Gasteiger partial charge in [0, 0.05) is 22.8 Å². The third kappa shape index (κ3) is 3.31. The summed E-state index contributed by atoms with van der Waals surface area (Å²) in [7, 11) is 0. The predicted molar refractivity (Wildman–Crippen MR) is 74.7 cm³/mol. The molecule has 0 unspecified atom stereocenters. The van der Waals surface area contributed by atoms with Crippen LogP contribution in [0.2, 0.25) is 0 Å². The van der Waals surface area contributed by atoms with E-state index in [0.717, 1.165) is 21.3 Å². The third-order valence-corrected chi connectivity index (χ3v) is 3.42. The molecule has 2 rings (SSSR count). The van der Waals surface area contributed by atoms with Crippen molar-refractivity contribution in [1.29, 1.82) is 0 Å². The van der Waals surface area contributed by atoms with Crippen molar-refractivity contribution in [1.82, 2.24) is 9.97 Å². The van der Waals surface area contributed by atoms with E-state index in [1.807, 2.05) is 32.2 Å². The number of aryl methyl sites for hydroxylation is 2. The lowest BCUT2D eigenvalue weighted by molar-refractivity contribution is 0.777. The highest BCUT2D eigenvalue weighted by molar-refractivity contribution is 7.99. The molecule has 2 N–H and O–H groups in total. The second-order valence-corrected chi connectivity index (χ2v) is 5.53. The number of hydrogen-bond acceptors (Lipinski definition) is 4. The van der Waals surface area contributed by atoms with Crippen LogP contribution in [-0.4, -0.2) is 9.97 Å². The zero-order chi connectivity index (χ0) is 13.1. The van der Waals surface area contributed by atoms with Crippen molar-refractivity contribution in [2.24, 2.45) is 5.73 Å². The monoisotopic (exact) mass is 259 g/mol. The number of aromatic nitrogens is 2. The maximum atomic E-state index is 5.77. The van der Waals surface area contributed by atoms with Gasteiger partial charge in [-0.15, -0.1) is 0 Å². The lowest BCUT2D eigenvalue weighted by Gasteiger charge is -2.06. The summed E-state index contributed by atoms with van der Waals surface area (Å²) in [6, 6.07) is 8.13. The molecule has 0 aliphatic heterocycles. The number of pyridine rings is 2. The molecule has 0 spiro atoms. The first kappa shape index (κ1) is 13.1. The highest BCUT2D eigenvalue weighted by atomic mass is 32.2. The molecule has 0 aliphatic rings. The van der Waals surface area contributed by atoms with Crippen LogP contribution in [0.4, 0.5) is 0 Å². The van der Waals surface area contributed by atoms with Crippen molar-refractivity contribution in [2.45, 2.75) is 36.7 Å². The van der Waals surface area contributed by atoms with Crippen LogP contribution in [0.15, 0.2) is 40.4 Å².